The van der Waals surface area contributed by atoms with E-state index in [2.05, 4.69) is 23.9 Å². The number of halogens is 1. The number of methoxy groups -OCH3 is 1. The lowest BCUT2D eigenvalue weighted by atomic mass is 9.95. The molecule has 4 nitrogen and oxygen atoms in total. The van der Waals surface area contributed by atoms with E-state index >= 15 is 0 Å². The predicted molar refractivity (Wildman–Crippen MR) is 79.3 cm³/mol. The van der Waals surface area contributed by atoms with Crippen LogP contribution in [-0.2, 0) is 4.74 Å². The number of nitrogens with two attached hydrogens (primary N) is 1. The molecule has 0 radical (unpaired) electrons. The van der Waals surface area contributed by atoms with Crippen molar-refractivity contribution in [1.82, 2.24) is 0 Å². The molecule has 0 aromatic heterocycles. The first-order valence-electron chi connectivity index (χ1n) is 6.88. The molecule has 0 amide bonds. The first-order valence-corrected chi connectivity index (χ1v) is 6.88. The van der Waals surface area contributed by atoms with Gasteiger partial charge < -0.3 is 15.8 Å². The molecule has 0 aliphatic heterocycles. The Kier molecular flexibility index (Phi) is 5.80. The number of carbonyl (C=O) groups excluding carboxylic acids is 1. The van der Waals surface area contributed by atoms with Gasteiger partial charge in [0.1, 0.15) is 5.82 Å². The van der Waals surface area contributed by atoms with E-state index in [1.54, 1.807) is 0 Å². The van der Waals surface area contributed by atoms with Crippen molar-refractivity contribution in [2.75, 3.05) is 18.2 Å². The Morgan fingerprint density at radius 3 is 2.50 bits per heavy atom. The van der Waals surface area contributed by atoms with E-state index in [9.17, 15) is 9.18 Å². The first kappa shape index (κ1) is 16.3. The zero-order chi connectivity index (χ0) is 15.3. The van der Waals surface area contributed by atoms with Crippen LogP contribution in [0.1, 0.15) is 44.0 Å². The molecular weight excluding hydrogens is 259 g/mol. The van der Waals surface area contributed by atoms with Crippen LogP contribution in [0, 0.1) is 11.7 Å². The summed E-state index contributed by atoms with van der Waals surface area (Å²) in [5.41, 5.74) is 6.17. The van der Waals surface area contributed by atoms with Gasteiger partial charge >= 0.3 is 5.97 Å². The van der Waals surface area contributed by atoms with Gasteiger partial charge in [-0.1, -0.05) is 26.7 Å². The van der Waals surface area contributed by atoms with Crippen molar-refractivity contribution in [1.29, 1.82) is 0 Å². The van der Waals surface area contributed by atoms with Crippen LogP contribution in [-0.4, -0.2) is 19.1 Å². The molecule has 3 N–H and O–H groups in total. The third-order valence-corrected chi connectivity index (χ3v) is 3.68. The molecule has 0 saturated heterocycles. The Hall–Kier alpha value is -1.78. The summed E-state index contributed by atoms with van der Waals surface area (Å²) >= 11 is 0. The van der Waals surface area contributed by atoms with Gasteiger partial charge in [0.25, 0.3) is 0 Å². The number of ether oxygens (including phenoxy) is 1. The van der Waals surface area contributed by atoms with Crippen molar-refractivity contribution < 1.29 is 13.9 Å². The van der Waals surface area contributed by atoms with Crippen LogP contribution in [0.5, 0.6) is 0 Å². The highest BCUT2D eigenvalue weighted by Crippen LogP contribution is 2.25. The lowest BCUT2D eigenvalue weighted by molar-refractivity contribution is 0.0602. The second kappa shape index (κ2) is 7.12. The van der Waals surface area contributed by atoms with Crippen LogP contribution in [0.15, 0.2) is 12.1 Å². The van der Waals surface area contributed by atoms with E-state index in [0.29, 0.717) is 5.92 Å². The summed E-state index contributed by atoms with van der Waals surface area (Å²) in [6.45, 7) is 6.21. The molecule has 1 aromatic rings. The van der Waals surface area contributed by atoms with Crippen molar-refractivity contribution in [2.24, 2.45) is 5.92 Å². The van der Waals surface area contributed by atoms with Crippen molar-refractivity contribution in [3.8, 4) is 0 Å². The summed E-state index contributed by atoms with van der Waals surface area (Å²) in [7, 11) is 1.27. The average molecular weight is 282 g/mol. The Labute approximate surface area is 119 Å². The second-order valence-corrected chi connectivity index (χ2v) is 4.92. The number of benzene rings is 1. The van der Waals surface area contributed by atoms with Crippen molar-refractivity contribution in [2.45, 2.75) is 39.7 Å². The van der Waals surface area contributed by atoms with E-state index in [0.717, 1.165) is 18.9 Å². The number of nitrogen functional groups attached to an aromatic ring is 1. The number of esters is 1. The molecule has 0 heterocycles. The monoisotopic (exact) mass is 282 g/mol. The maximum absolute atomic E-state index is 13.9. The second-order valence-electron chi connectivity index (χ2n) is 4.92. The number of rotatable bonds is 6. The smallest absolute Gasteiger partial charge is 0.340 e. The van der Waals surface area contributed by atoms with Gasteiger partial charge in [-0.3, -0.25) is 0 Å². The Morgan fingerprint density at radius 2 is 2.00 bits per heavy atom. The molecular formula is C15H23FN2O2. The summed E-state index contributed by atoms with van der Waals surface area (Å²) in [5.74, 6) is -0.595. The topological polar surface area (TPSA) is 64.3 Å². The largest absolute Gasteiger partial charge is 0.465 e. The fourth-order valence-electron chi connectivity index (χ4n) is 2.34. The van der Waals surface area contributed by atoms with Crippen LogP contribution in [0.25, 0.3) is 0 Å². The minimum absolute atomic E-state index is 0.0788. The number of hydrogen-bond donors (Lipinski definition) is 2. The Morgan fingerprint density at radius 1 is 1.40 bits per heavy atom. The van der Waals surface area contributed by atoms with Crippen LogP contribution >= 0.6 is 0 Å². The first-order chi connectivity index (χ1) is 9.44. The maximum atomic E-state index is 13.9. The van der Waals surface area contributed by atoms with Gasteiger partial charge in [-0.25, -0.2) is 9.18 Å². The minimum Gasteiger partial charge on any atom is -0.465 e. The quantitative estimate of drug-likeness (QED) is 0.619. The average Bonchev–Trinajstić information content (AvgIpc) is 2.42. The molecule has 5 heteroatoms. The molecule has 0 aliphatic rings. The van der Waals surface area contributed by atoms with E-state index in [1.807, 2.05) is 6.92 Å². The fraction of sp³-hybridized carbons (Fsp3) is 0.533. The molecule has 1 atom stereocenters. The summed E-state index contributed by atoms with van der Waals surface area (Å²) in [5, 5.41) is 3.12. The van der Waals surface area contributed by atoms with Gasteiger partial charge in [-0.15, -0.1) is 0 Å². The van der Waals surface area contributed by atoms with E-state index in [1.165, 1.54) is 13.2 Å². The van der Waals surface area contributed by atoms with Gasteiger partial charge in [0.2, 0.25) is 0 Å². The maximum Gasteiger partial charge on any atom is 0.340 e. The SMILES string of the molecule is CCC(CC)C(C)Nc1cc(C(=O)OC)c(N)cc1F. The molecule has 1 rings (SSSR count). The molecule has 112 valence electrons. The van der Waals surface area contributed by atoms with E-state index in [-0.39, 0.29) is 23.0 Å². The molecule has 1 aromatic carbocycles. The highest BCUT2D eigenvalue weighted by atomic mass is 19.1. The van der Waals surface area contributed by atoms with Crippen molar-refractivity contribution >= 4 is 17.3 Å². The lowest BCUT2D eigenvalue weighted by Crippen LogP contribution is -2.25. The normalized spacial score (nSPS) is 12.3. The minimum atomic E-state index is -0.569. The molecule has 20 heavy (non-hydrogen) atoms. The Bertz CT molecular complexity index is 473. The van der Waals surface area contributed by atoms with Gasteiger partial charge in [-0.05, 0) is 25.0 Å². The lowest BCUT2D eigenvalue weighted by Gasteiger charge is -2.24. The number of hydrogen-bond acceptors (Lipinski definition) is 4. The fourth-order valence-corrected chi connectivity index (χ4v) is 2.34. The molecule has 0 bridgehead atoms. The van der Waals surface area contributed by atoms with Crippen LogP contribution < -0.4 is 11.1 Å². The van der Waals surface area contributed by atoms with Crippen LogP contribution in [0.3, 0.4) is 0 Å². The Balaban J connectivity index is 3.03. The highest BCUT2D eigenvalue weighted by molar-refractivity contribution is 5.96. The molecule has 0 aliphatic carbocycles. The summed E-state index contributed by atoms with van der Waals surface area (Å²) in [4.78, 5) is 11.6. The van der Waals surface area contributed by atoms with Crippen molar-refractivity contribution in [3.05, 3.63) is 23.5 Å². The number of nitrogens with one attached hydrogen (secondary N) is 1. The standard InChI is InChI=1S/C15H23FN2O2/c1-5-10(6-2)9(3)18-14-7-11(15(19)20-4)13(17)8-12(14)16/h7-10,18H,5-6,17H2,1-4H3. The van der Waals surface area contributed by atoms with Gasteiger partial charge in [-0.2, -0.15) is 0 Å². The van der Waals surface area contributed by atoms with Crippen molar-refractivity contribution in [3.63, 3.8) is 0 Å². The highest BCUT2D eigenvalue weighted by Gasteiger charge is 2.18. The predicted octanol–water partition coefficient (Wildman–Crippen LogP) is 3.43. The van der Waals surface area contributed by atoms with Gasteiger partial charge in [0.05, 0.1) is 18.4 Å². The number of anilines is 2. The third-order valence-electron chi connectivity index (χ3n) is 3.68. The molecule has 0 saturated carbocycles. The van der Waals surface area contributed by atoms with E-state index < -0.39 is 11.8 Å². The summed E-state index contributed by atoms with van der Waals surface area (Å²) in [6, 6.07) is 2.66. The zero-order valence-corrected chi connectivity index (χ0v) is 12.5. The van der Waals surface area contributed by atoms with Crippen LogP contribution in [0.2, 0.25) is 0 Å². The molecule has 0 spiro atoms. The van der Waals surface area contributed by atoms with E-state index in [4.69, 9.17) is 5.73 Å². The van der Waals surface area contributed by atoms with Crippen LogP contribution in [0.4, 0.5) is 15.8 Å². The van der Waals surface area contributed by atoms with Gasteiger partial charge in [0, 0.05) is 11.7 Å². The molecule has 0 fully saturated rings. The number of carbonyl (C=O) groups is 1. The van der Waals surface area contributed by atoms with Gasteiger partial charge in [0.15, 0.2) is 0 Å². The zero-order valence-electron chi connectivity index (χ0n) is 12.5. The third kappa shape index (κ3) is 3.62. The molecule has 1 unspecified atom stereocenters. The summed E-state index contributed by atoms with van der Waals surface area (Å²) < 4.78 is 18.6. The summed E-state index contributed by atoms with van der Waals surface area (Å²) in [6.07, 6.45) is 2.01.